The molecule has 0 bridgehead atoms. The molecule has 0 atom stereocenters. The summed E-state index contributed by atoms with van der Waals surface area (Å²) >= 11 is 0. The van der Waals surface area contributed by atoms with Gasteiger partial charge in [0.15, 0.2) is 5.82 Å². The summed E-state index contributed by atoms with van der Waals surface area (Å²) in [6.07, 6.45) is 0. The van der Waals surface area contributed by atoms with Crippen LogP contribution in [0, 0.1) is 0 Å². The van der Waals surface area contributed by atoms with Crippen molar-refractivity contribution in [1.82, 2.24) is 9.97 Å². The lowest BCUT2D eigenvalue weighted by molar-refractivity contribution is 1.19. The van der Waals surface area contributed by atoms with E-state index in [4.69, 9.17) is 9.97 Å². The molecule has 0 unspecified atom stereocenters. The highest BCUT2D eigenvalue weighted by Gasteiger charge is 2.17. The number of rotatable bonds is 5. The zero-order chi connectivity index (χ0) is 31.9. The van der Waals surface area contributed by atoms with E-state index in [-0.39, 0.29) is 0 Å². The van der Waals surface area contributed by atoms with Crippen molar-refractivity contribution in [2.75, 3.05) is 0 Å². The second kappa shape index (κ2) is 11.8. The van der Waals surface area contributed by atoms with Crippen molar-refractivity contribution in [3.8, 4) is 56.2 Å². The third kappa shape index (κ3) is 5.01. The maximum absolute atomic E-state index is 5.25. The van der Waals surface area contributed by atoms with Gasteiger partial charge in [-0.25, -0.2) is 9.97 Å². The minimum absolute atomic E-state index is 0.708. The Kier molecular flexibility index (Phi) is 6.84. The van der Waals surface area contributed by atoms with Crippen LogP contribution < -0.4 is 0 Å². The molecule has 9 rings (SSSR count). The van der Waals surface area contributed by atoms with Crippen LogP contribution in [-0.2, 0) is 0 Å². The van der Waals surface area contributed by atoms with E-state index >= 15 is 0 Å². The van der Waals surface area contributed by atoms with Crippen molar-refractivity contribution < 1.29 is 0 Å². The first-order valence-corrected chi connectivity index (χ1v) is 16.3. The van der Waals surface area contributed by atoms with Crippen LogP contribution in [-0.4, -0.2) is 9.97 Å². The molecule has 0 radical (unpaired) electrons. The summed E-state index contributed by atoms with van der Waals surface area (Å²) in [5.41, 5.74) is 9.71. The fourth-order valence-corrected chi connectivity index (χ4v) is 6.89. The minimum atomic E-state index is 0.708. The Morgan fingerprint density at radius 2 is 0.812 bits per heavy atom. The molecule has 0 saturated carbocycles. The molecule has 0 spiro atoms. The predicted molar refractivity (Wildman–Crippen MR) is 202 cm³/mol. The van der Waals surface area contributed by atoms with Crippen molar-refractivity contribution in [2.45, 2.75) is 0 Å². The number of aromatic nitrogens is 2. The summed E-state index contributed by atoms with van der Waals surface area (Å²) < 4.78 is 0. The Hall–Kier alpha value is -6.38. The molecule has 8 aromatic carbocycles. The van der Waals surface area contributed by atoms with E-state index in [1.165, 1.54) is 38.2 Å². The molecule has 0 fully saturated rings. The van der Waals surface area contributed by atoms with Gasteiger partial charge in [0, 0.05) is 16.7 Å². The fourth-order valence-electron chi connectivity index (χ4n) is 6.89. The van der Waals surface area contributed by atoms with Crippen molar-refractivity contribution in [2.24, 2.45) is 0 Å². The lowest BCUT2D eigenvalue weighted by Crippen LogP contribution is -1.97. The zero-order valence-corrected chi connectivity index (χ0v) is 26.2. The van der Waals surface area contributed by atoms with Gasteiger partial charge in [-0.3, -0.25) is 0 Å². The van der Waals surface area contributed by atoms with Gasteiger partial charge in [-0.1, -0.05) is 158 Å². The summed E-state index contributed by atoms with van der Waals surface area (Å²) in [6, 6.07) is 64.6. The molecule has 0 saturated heterocycles. The Morgan fingerprint density at radius 3 is 1.56 bits per heavy atom. The van der Waals surface area contributed by atoms with Gasteiger partial charge in [-0.2, -0.15) is 0 Å². The van der Waals surface area contributed by atoms with E-state index in [9.17, 15) is 0 Å². The molecule has 2 nitrogen and oxygen atoms in total. The molecule has 224 valence electrons. The maximum atomic E-state index is 5.25. The summed E-state index contributed by atoms with van der Waals surface area (Å²) in [6.45, 7) is 0. The second-order valence-electron chi connectivity index (χ2n) is 12.2. The largest absolute Gasteiger partial charge is 0.228 e. The second-order valence-corrected chi connectivity index (χ2v) is 12.2. The Balaban J connectivity index is 1.28. The number of fused-ring (bicyclic) bond motifs is 3. The molecule has 1 aromatic heterocycles. The SMILES string of the molecule is c1ccc(-c2cc(-c3cc(-c4ccc(-c5ccc6ccccc6c5)c5ccccc45)nc(-c4ccccc4)n3)c3ccccc3c2)cc1. The molecule has 0 aliphatic heterocycles. The van der Waals surface area contributed by atoms with Crippen LogP contribution in [0.15, 0.2) is 182 Å². The minimum Gasteiger partial charge on any atom is -0.228 e. The third-order valence-corrected chi connectivity index (χ3v) is 9.26. The van der Waals surface area contributed by atoms with E-state index in [2.05, 4.69) is 164 Å². The number of nitrogens with zero attached hydrogens (tertiary/aromatic N) is 2. The van der Waals surface area contributed by atoms with Crippen molar-refractivity contribution >= 4 is 32.3 Å². The van der Waals surface area contributed by atoms with Crippen LogP contribution in [0.3, 0.4) is 0 Å². The Bertz CT molecular complexity index is 2610. The van der Waals surface area contributed by atoms with E-state index < -0.39 is 0 Å². The van der Waals surface area contributed by atoms with Gasteiger partial charge >= 0.3 is 0 Å². The van der Waals surface area contributed by atoms with E-state index in [0.29, 0.717) is 5.82 Å². The van der Waals surface area contributed by atoms with Crippen LogP contribution in [0.2, 0.25) is 0 Å². The Labute approximate surface area is 279 Å². The van der Waals surface area contributed by atoms with E-state index in [0.717, 1.165) is 44.4 Å². The quantitative estimate of drug-likeness (QED) is 0.194. The van der Waals surface area contributed by atoms with Gasteiger partial charge in [-0.15, -0.1) is 0 Å². The number of hydrogen-bond donors (Lipinski definition) is 0. The molecular formula is C46H30N2. The van der Waals surface area contributed by atoms with Crippen LogP contribution in [0.4, 0.5) is 0 Å². The smallest absolute Gasteiger partial charge is 0.160 e. The van der Waals surface area contributed by atoms with Crippen LogP contribution in [0.1, 0.15) is 0 Å². The van der Waals surface area contributed by atoms with Crippen molar-refractivity contribution in [3.63, 3.8) is 0 Å². The lowest BCUT2D eigenvalue weighted by atomic mass is 9.91. The molecular weight excluding hydrogens is 581 g/mol. The first-order chi connectivity index (χ1) is 23.8. The van der Waals surface area contributed by atoms with Crippen LogP contribution in [0.25, 0.3) is 88.5 Å². The summed E-state index contributed by atoms with van der Waals surface area (Å²) in [4.78, 5) is 10.5. The van der Waals surface area contributed by atoms with Crippen LogP contribution in [0.5, 0.6) is 0 Å². The van der Waals surface area contributed by atoms with Gasteiger partial charge in [0.2, 0.25) is 0 Å². The summed E-state index contributed by atoms with van der Waals surface area (Å²) in [5.74, 6) is 0.708. The Morgan fingerprint density at radius 1 is 0.271 bits per heavy atom. The average Bonchev–Trinajstić information content (AvgIpc) is 3.17. The average molecular weight is 611 g/mol. The first-order valence-electron chi connectivity index (χ1n) is 16.3. The molecule has 9 aromatic rings. The topological polar surface area (TPSA) is 25.8 Å². The highest BCUT2D eigenvalue weighted by Crippen LogP contribution is 2.39. The van der Waals surface area contributed by atoms with Crippen molar-refractivity contribution in [1.29, 1.82) is 0 Å². The van der Waals surface area contributed by atoms with Gasteiger partial charge < -0.3 is 0 Å². The van der Waals surface area contributed by atoms with Gasteiger partial charge in [0.05, 0.1) is 11.4 Å². The van der Waals surface area contributed by atoms with Gasteiger partial charge in [0.1, 0.15) is 0 Å². The monoisotopic (exact) mass is 610 g/mol. The number of benzene rings is 8. The molecule has 2 heteroatoms. The highest BCUT2D eigenvalue weighted by atomic mass is 14.9. The standard InChI is InChI=1S/C46H30N2/c1-3-13-31(14-4-1)37-28-35-19-9-10-20-38(35)43(29-37)45-30-44(47-46(48-45)33-16-5-2-6-17-33)42-26-25-39(40-21-11-12-22-41(40)42)36-24-23-32-15-7-8-18-34(32)27-36/h1-30H. The fraction of sp³-hybridized carbons (Fsp3) is 0. The zero-order valence-electron chi connectivity index (χ0n) is 26.2. The first kappa shape index (κ1) is 27.9. The molecule has 0 N–H and O–H groups in total. The van der Waals surface area contributed by atoms with Gasteiger partial charge in [-0.05, 0) is 78.8 Å². The lowest BCUT2D eigenvalue weighted by Gasteiger charge is -2.15. The molecule has 0 aliphatic rings. The maximum Gasteiger partial charge on any atom is 0.160 e. The summed E-state index contributed by atoms with van der Waals surface area (Å²) in [5, 5.41) is 7.19. The number of hydrogen-bond acceptors (Lipinski definition) is 2. The van der Waals surface area contributed by atoms with Crippen LogP contribution >= 0.6 is 0 Å². The third-order valence-electron chi connectivity index (χ3n) is 9.26. The summed E-state index contributed by atoms with van der Waals surface area (Å²) in [7, 11) is 0. The predicted octanol–water partition coefficient (Wildman–Crippen LogP) is 12.3. The van der Waals surface area contributed by atoms with E-state index in [1.807, 2.05) is 18.2 Å². The van der Waals surface area contributed by atoms with Crippen molar-refractivity contribution in [3.05, 3.63) is 182 Å². The normalized spacial score (nSPS) is 11.3. The van der Waals surface area contributed by atoms with Gasteiger partial charge in [0.25, 0.3) is 0 Å². The molecule has 0 amide bonds. The molecule has 48 heavy (non-hydrogen) atoms. The molecule has 1 heterocycles. The van der Waals surface area contributed by atoms with E-state index in [1.54, 1.807) is 0 Å². The molecule has 0 aliphatic carbocycles. The highest BCUT2D eigenvalue weighted by molar-refractivity contribution is 6.06.